The highest BCUT2D eigenvalue weighted by atomic mass is 35.5. The van der Waals surface area contributed by atoms with Gasteiger partial charge in [-0.05, 0) is 99.5 Å². The lowest BCUT2D eigenvalue weighted by Gasteiger charge is -2.21. The van der Waals surface area contributed by atoms with E-state index in [0.29, 0.717) is 48.8 Å². The topological polar surface area (TPSA) is 89.6 Å². The number of anilines is 1. The van der Waals surface area contributed by atoms with Gasteiger partial charge in [0.15, 0.2) is 0 Å². The molecule has 0 saturated heterocycles. The number of fused-ring (bicyclic) bond motifs is 3. The van der Waals surface area contributed by atoms with Crippen molar-refractivity contribution in [3.8, 4) is 16.9 Å². The average molecular weight is 674 g/mol. The third-order valence-electron chi connectivity index (χ3n) is 9.10. The lowest BCUT2D eigenvalue weighted by Crippen LogP contribution is -2.31. The number of hydrogen-bond donors (Lipinski definition) is 1. The van der Waals surface area contributed by atoms with Crippen LogP contribution in [0.2, 0.25) is 10.0 Å². The van der Waals surface area contributed by atoms with Crippen molar-refractivity contribution in [2.75, 3.05) is 18.1 Å². The highest BCUT2D eigenvalue weighted by Gasteiger charge is 2.32. The zero-order valence-electron chi connectivity index (χ0n) is 27.3. The van der Waals surface area contributed by atoms with E-state index in [9.17, 15) is 14.7 Å². The number of ether oxygens (including phenoxy) is 1. The number of carbonyl (C=O) groups is 2. The van der Waals surface area contributed by atoms with Gasteiger partial charge in [-0.1, -0.05) is 41.4 Å². The Balaban J connectivity index is 1.44. The maximum Gasteiger partial charge on any atom is 0.307 e. The molecule has 0 atom stereocenters. The summed E-state index contributed by atoms with van der Waals surface area (Å²) in [4.78, 5) is 27.7. The van der Waals surface area contributed by atoms with Crippen LogP contribution < -0.4 is 9.64 Å². The predicted octanol–water partition coefficient (Wildman–Crippen LogP) is 8.27. The van der Waals surface area contributed by atoms with Crippen LogP contribution in [0.3, 0.4) is 0 Å². The maximum absolute atomic E-state index is 14.6. The van der Waals surface area contributed by atoms with E-state index in [0.717, 1.165) is 73.0 Å². The number of amides is 1. The molecule has 3 heterocycles. The number of nitrogens with zero attached hydrogens (tertiary/aromatic N) is 4. The standard InChI is InChI=1S/C37H38Cl2N4O4/c1-21-18-27(19-22(2)34(21)39)47-17-6-8-28-29-13-14-30(38)33(32-23(3)40-41(5)24(32)4)35(29)43-16-7-15-42(37(46)36(28)43)26-11-9-25(10-12-26)20-31(44)45/h9-14,18-19H,6-8,15-17,20H2,1-5H3,(H,44,45). The molecule has 1 aliphatic heterocycles. The Labute approximate surface area is 284 Å². The Morgan fingerprint density at radius 3 is 2.32 bits per heavy atom. The molecule has 6 rings (SSSR count). The van der Waals surface area contributed by atoms with Crippen LogP contribution in [0, 0.1) is 27.7 Å². The quantitative estimate of drug-likeness (QED) is 0.159. The molecule has 1 N–H and O–H groups in total. The molecule has 1 aliphatic rings. The van der Waals surface area contributed by atoms with Crippen LogP contribution in [0.4, 0.5) is 5.69 Å². The van der Waals surface area contributed by atoms with Gasteiger partial charge in [0, 0.05) is 53.1 Å². The van der Waals surface area contributed by atoms with Gasteiger partial charge in [0.25, 0.3) is 5.91 Å². The Kier molecular flexibility index (Phi) is 9.09. The molecule has 1 amide bonds. The molecule has 3 aromatic carbocycles. The largest absolute Gasteiger partial charge is 0.494 e. The second kappa shape index (κ2) is 13.1. The van der Waals surface area contributed by atoms with Crippen molar-refractivity contribution in [2.24, 2.45) is 7.05 Å². The molecule has 0 saturated carbocycles. The molecule has 8 nitrogen and oxygen atoms in total. The lowest BCUT2D eigenvalue weighted by atomic mass is 9.98. The Morgan fingerprint density at radius 2 is 1.68 bits per heavy atom. The molecule has 47 heavy (non-hydrogen) atoms. The highest BCUT2D eigenvalue weighted by molar-refractivity contribution is 6.35. The molecule has 0 unspecified atom stereocenters. The molecular formula is C37H38Cl2N4O4. The van der Waals surface area contributed by atoms with E-state index in [1.807, 2.05) is 80.7 Å². The highest BCUT2D eigenvalue weighted by Crippen LogP contribution is 2.43. The van der Waals surface area contributed by atoms with Crippen molar-refractivity contribution in [2.45, 2.75) is 59.9 Å². The van der Waals surface area contributed by atoms with Gasteiger partial charge in [0.1, 0.15) is 11.4 Å². The minimum absolute atomic E-state index is 0.0689. The lowest BCUT2D eigenvalue weighted by molar-refractivity contribution is -0.136. The first-order valence-corrected chi connectivity index (χ1v) is 16.6. The van der Waals surface area contributed by atoms with Crippen molar-refractivity contribution in [1.82, 2.24) is 14.3 Å². The van der Waals surface area contributed by atoms with Crippen LogP contribution in [0.5, 0.6) is 5.75 Å². The van der Waals surface area contributed by atoms with E-state index in [4.69, 9.17) is 27.9 Å². The summed E-state index contributed by atoms with van der Waals surface area (Å²) in [7, 11) is 1.93. The molecule has 0 aliphatic carbocycles. The summed E-state index contributed by atoms with van der Waals surface area (Å²) in [5.41, 5.74) is 9.66. The number of hydrogen-bond acceptors (Lipinski definition) is 4. The Bertz CT molecular complexity index is 2000. The number of aryl methyl sites for hydroxylation is 6. The minimum atomic E-state index is -0.892. The van der Waals surface area contributed by atoms with Crippen molar-refractivity contribution < 1.29 is 19.4 Å². The predicted molar refractivity (Wildman–Crippen MR) is 187 cm³/mol. The number of halogens is 2. The second-order valence-electron chi connectivity index (χ2n) is 12.3. The SMILES string of the molecule is Cc1cc(OCCCc2c3n(c4c(-c5c(C)nn(C)c5C)c(Cl)ccc24)CCCN(c2ccc(CC(=O)O)cc2)C3=O)cc(C)c1Cl. The summed E-state index contributed by atoms with van der Waals surface area (Å²) in [6, 6.07) is 15.1. The fraction of sp³-hybridized carbons (Fsp3) is 0.324. The van der Waals surface area contributed by atoms with Crippen molar-refractivity contribution in [3.05, 3.63) is 97.9 Å². The molecule has 2 aromatic heterocycles. The summed E-state index contributed by atoms with van der Waals surface area (Å²) < 4.78 is 10.2. The monoisotopic (exact) mass is 672 g/mol. The van der Waals surface area contributed by atoms with Crippen LogP contribution in [-0.2, 0) is 31.2 Å². The first kappa shape index (κ1) is 32.7. The van der Waals surface area contributed by atoms with Crippen LogP contribution in [-0.4, -0.2) is 44.5 Å². The van der Waals surface area contributed by atoms with Crippen LogP contribution in [0.1, 0.15) is 57.0 Å². The average Bonchev–Trinajstić information content (AvgIpc) is 3.39. The molecule has 0 fully saturated rings. The van der Waals surface area contributed by atoms with E-state index in [2.05, 4.69) is 9.67 Å². The minimum Gasteiger partial charge on any atom is -0.494 e. The van der Waals surface area contributed by atoms with Crippen molar-refractivity contribution >= 4 is 51.7 Å². The summed E-state index contributed by atoms with van der Waals surface area (Å²) in [6.07, 6.45) is 1.97. The van der Waals surface area contributed by atoms with Gasteiger partial charge in [0.2, 0.25) is 0 Å². The normalized spacial score (nSPS) is 13.3. The third-order valence-corrected chi connectivity index (χ3v) is 10.0. The van der Waals surface area contributed by atoms with Crippen molar-refractivity contribution in [3.63, 3.8) is 0 Å². The molecule has 0 bridgehead atoms. The van der Waals surface area contributed by atoms with Gasteiger partial charge in [0.05, 0.1) is 29.3 Å². The number of aromatic nitrogens is 3. The van der Waals surface area contributed by atoms with Crippen LogP contribution in [0.15, 0.2) is 48.5 Å². The molecule has 0 radical (unpaired) electrons. The van der Waals surface area contributed by atoms with Gasteiger partial charge in [-0.25, -0.2) is 0 Å². The number of carboxylic acid groups (broad SMARTS) is 1. The third kappa shape index (κ3) is 6.12. The van der Waals surface area contributed by atoms with Gasteiger partial charge < -0.3 is 19.3 Å². The van der Waals surface area contributed by atoms with Gasteiger partial charge in [-0.15, -0.1) is 0 Å². The molecular weight excluding hydrogens is 635 g/mol. The van der Waals surface area contributed by atoms with Gasteiger partial charge >= 0.3 is 5.97 Å². The summed E-state index contributed by atoms with van der Waals surface area (Å²) >= 11 is 13.4. The van der Waals surface area contributed by atoms with Crippen molar-refractivity contribution in [1.29, 1.82) is 0 Å². The van der Waals surface area contributed by atoms with Crippen LogP contribution in [0.25, 0.3) is 22.0 Å². The zero-order chi connectivity index (χ0) is 33.6. The fourth-order valence-corrected chi connectivity index (χ4v) is 7.20. The van der Waals surface area contributed by atoms with Crippen LogP contribution >= 0.6 is 23.2 Å². The van der Waals surface area contributed by atoms with Gasteiger partial charge in [-0.3, -0.25) is 14.3 Å². The Morgan fingerprint density at radius 1 is 0.979 bits per heavy atom. The summed E-state index contributed by atoms with van der Waals surface area (Å²) in [5, 5.41) is 16.3. The van der Waals surface area contributed by atoms with E-state index >= 15 is 0 Å². The summed E-state index contributed by atoms with van der Waals surface area (Å²) in [5.74, 6) is -0.210. The number of carboxylic acids is 1. The van der Waals surface area contributed by atoms with E-state index in [1.165, 1.54) is 0 Å². The Hall–Kier alpha value is -4.27. The number of rotatable bonds is 9. The first-order valence-electron chi connectivity index (χ1n) is 15.8. The number of carbonyl (C=O) groups excluding carboxylic acids is 1. The number of benzene rings is 3. The van der Waals surface area contributed by atoms with E-state index < -0.39 is 5.97 Å². The smallest absolute Gasteiger partial charge is 0.307 e. The number of aliphatic carboxylic acids is 1. The zero-order valence-corrected chi connectivity index (χ0v) is 28.8. The fourth-order valence-electron chi connectivity index (χ4n) is 6.85. The maximum atomic E-state index is 14.6. The molecule has 244 valence electrons. The first-order chi connectivity index (χ1) is 22.5. The molecule has 0 spiro atoms. The molecule has 5 aromatic rings. The summed E-state index contributed by atoms with van der Waals surface area (Å²) in [6.45, 7) is 9.60. The molecule has 10 heteroatoms. The van der Waals surface area contributed by atoms with E-state index in [-0.39, 0.29) is 12.3 Å². The van der Waals surface area contributed by atoms with E-state index in [1.54, 1.807) is 12.1 Å². The second-order valence-corrected chi connectivity index (χ2v) is 13.1. The van der Waals surface area contributed by atoms with Gasteiger partial charge in [-0.2, -0.15) is 5.10 Å².